The van der Waals surface area contributed by atoms with Crippen molar-refractivity contribution in [3.8, 4) is 0 Å². The molecule has 0 atom stereocenters. The molecule has 0 N–H and O–H groups in total. The van der Waals surface area contributed by atoms with Crippen molar-refractivity contribution in [3.05, 3.63) is 12.2 Å². The molecule has 0 saturated carbocycles. The molecule has 0 aliphatic carbocycles. The van der Waals surface area contributed by atoms with Gasteiger partial charge in [0.15, 0.2) is 0 Å². The molecule has 94 valence electrons. The largest absolute Gasteiger partial charge is 0.466 e. The van der Waals surface area contributed by atoms with Gasteiger partial charge in [0.25, 0.3) is 0 Å². The van der Waals surface area contributed by atoms with E-state index in [0.717, 1.165) is 19.6 Å². The molecule has 0 aromatic heterocycles. The lowest BCUT2D eigenvalue weighted by atomic mass is 10.2. The van der Waals surface area contributed by atoms with Gasteiger partial charge in [-0.2, -0.15) is 0 Å². The molecule has 0 bridgehead atoms. The van der Waals surface area contributed by atoms with Crippen LogP contribution in [-0.2, 0) is 9.53 Å². The van der Waals surface area contributed by atoms with Crippen LogP contribution < -0.4 is 0 Å². The van der Waals surface area contributed by atoms with Crippen LogP contribution in [0.4, 0.5) is 0 Å². The summed E-state index contributed by atoms with van der Waals surface area (Å²) in [6.45, 7) is 7.46. The van der Waals surface area contributed by atoms with Crippen LogP contribution >= 0.6 is 0 Å². The number of nitrogens with zero attached hydrogens (tertiary/aromatic N) is 1. The fourth-order valence-electron chi connectivity index (χ4n) is 1.42. The number of esters is 1. The van der Waals surface area contributed by atoms with Gasteiger partial charge in [0.05, 0.1) is 7.11 Å². The Morgan fingerprint density at radius 3 is 2.19 bits per heavy atom. The zero-order chi connectivity index (χ0) is 12.2. The highest BCUT2D eigenvalue weighted by Crippen LogP contribution is 1.99. The number of unbranched alkanes of at least 4 members (excludes halogenated alkanes) is 2. The summed E-state index contributed by atoms with van der Waals surface area (Å²) < 4.78 is 4.55. The lowest BCUT2D eigenvalue weighted by molar-refractivity contribution is -0.134. The van der Waals surface area contributed by atoms with E-state index in [9.17, 15) is 4.79 Å². The number of carbonyl (C=O) groups is 1. The molecular formula is C13H25NO2. The first-order valence-electron chi connectivity index (χ1n) is 6.21. The first-order chi connectivity index (χ1) is 7.74. The Balaban J connectivity index is 3.89. The van der Waals surface area contributed by atoms with Crippen molar-refractivity contribution in [1.29, 1.82) is 0 Å². The van der Waals surface area contributed by atoms with Gasteiger partial charge < -0.3 is 4.74 Å². The molecule has 0 amide bonds. The molecule has 0 fully saturated rings. The van der Waals surface area contributed by atoms with Crippen LogP contribution in [0.3, 0.4) is 0 Å². The number of rotatable bonds is 9. The van der Waals surface area contributed by atoms with Crippen molar-refractivity contribution in [2.24, 2.45) is 0 Å². The molecule has 0 aromatic rings. The van der Waals surface area contributed by atoms with Gasteiger partial charge in [-0.25, -0.2) is 4.79 Å². The zero-order valence-electron chi connectivity index (χ0n) is 10.9. The summed E-state index contributed by atoms with van der Waals surface area (Å²) in [4.78, 5) is 13.3. The van der Waals surface area contributed by atoms with Gasteiger partial charge in [-0.05, 0) is 25.9 Å². The molecule has 16 heavy (non-hydrogen) atoms. The van der Waals surface area contributed by atoms with Crippen LogP contribution in [0.5, 0.6) is 0 Å². The first-order valence-corrected chi connectivity index (χ1v) is 6.21. The van der Waals surface area contributed by atoms with Crippen LogP contribution in [0.2, 0.25) is 0 Å². The lowest BCUT2D eigenvalue weighted by Crippen LogP contribution is -2.26. The second kappa shape index (κ2) is 10.7. The highest BCUT2D eigenvalue weighted by atomic mass is 16.5. The number of methoxy groups -OCH3 is 1. The predicted molar refractivity (Wildman–Crippen MR) is 67.4 cm³/mol. The van der Waals surface area contributed by atoms with Crippen molar-refractivity contribution in [3.63, 3.8) is 0 Å². The fraction of sp³-hybridized carbons (Fsp3) is 0.769. The van der Waals surface area contributed by atoms with E-state index in [1.807, 2.05) is 6.08 Å². The van der Waals surface area contributed by atoms with Gasteiger partial charge in [0.2, 0.25) is 0 Å². The number of hydrogen-bond acceptors (Lipinski definition) is 3. The third-order valence-electron chi connectivity index (χ3n) is 2.47. The molecule has 0 aliphatic rings. The van der Waals surface area contributed by atoms with Gasteiger partial charge in [0, 0.05) is 12.6 Å². The van der Waals surface area contributed by atoms with E-state index in [0.29, 0.717) is 0 Å². The van der Waals surface area contributed by atoms with Crippen molar-refractivity contribution in [2.75, 3.05) is 26.7 Å². The highest BCUT2D eigenvalue weighted by molar-refractivity contribution is 5.81. The second-order valence-corrected chi connectivity index (χ2v) is 3.93. The summed E-state index contributed by atoms with van der Waals surface area (Å²) in [5.74, 6) is -0.272. The zero-order valence-corrected chi connectivity index (χ0v) is 10.9. The molecular weight excluding hydrogens is 202 g/mol. The van der Waals surface area contributed by atoms with Gasteiger partial charge in [-0.15, -0.1) is 0 Å². The molecule has 3 nitrogen and oxygen atoms in total. The predicted octanol–water partition coefficient (Wildman–Crippen LogP) is 2.62. The molecule has 0 aliphatic heterocycles. The normalized spacial score (nSPS) is 11.2. The van der Waals surface area contributed by atoms with E-state index in [4.69, 9.17) is 0 Å². The minimum atomic E-state index is -0.272. The van der Waals surface area contributed by atoms with Crippen LogP contribution in [0.1, 0.15) is 39.5 Å². The number of ether oxygens (including phenoxy) is 1. The van der Waals surface area contributed by atoms with Crippen molar-refractivity contribution in [2.45, 2.75) is 39.5 Å². The van der Waals surface area contributed by atoms with E-state index in [-0.39, 0.29) is 5.97 Å². The van der Waals surface area contributed by atoms with E-state index in [1.165, 1.54) is 38.9 Å². The topological polar surface area (TPSA) is 29.5 Å². The van der Waals surface area contributed by atoms with Gasteiger partial charge in [0.1, 0.15) is 0 Å². The third kappa shape index (κ3) is 8.48. The summed E-state index contributed by atoms with van der Waals surface area (Å²) in [5.41, 5.74) is 0. The Labute approximate surface area is 99.5 Å². The van der Waals surface area contributed by atoms with E-state index < -0.39 is 0 Å². The average Bonchev–Trinajstić information content (AvgIpc) is 2.31. The minimum absolute atomic E-state index is 0.272. The first kappa shape index (κ1) is 15.2. The Kier molecular flexibility index (Phi) is 10.1. The van der Waals surface area contributed by atoms with Gasteiger partial charge in [-0.1, -0.05) is 32.8 Å². The smallest absolute Gasteiger partial charge is 0.330 e. The number of hydrogen-bond donors (Lipinski definition) is 0. The number of carbonyl (C=O) groups excluding carboxylic acids is 1. The Bertz CT molecular complexity index is 194. The van der Waals surface area contributed by atoms with E-state index >= 15 is 0 Å². The van der Waals surface area contributed by atoms with Crippen LogP contribution in [-0.4, -0.2) is 37.6 Å². The lowest BCUT2D eigenvalue weighted by Gasteiger charge is -2.19. The fourth-order valence-corrected chi connectivity index (χ4v) is 1.42. The molecule has 3 heteroatoms. The summed E-state index contributed by atoms with van der Waals surface area (Å²) in [7, 11) is 1.40. The maximum absolute atomic E-state index is 10.9. The quantitative estimate of drug-likeness (QED) is 0.448. The highest BCUT2D eigenvalue weighted by Gasteiger charge is 2.01. The van der Waals surface area contributed by atoms with Crippen molar-refractivity contribution < 1.29 is 9.53 Å². The molecule has 0 unspecified atom stereocenters. The molecule has 0 rings (SSSR count). The monoisotopic (exact) mass is 227 g/mol. The summed E-state index contributed by atoms with van der Waals surface area (Å²) in [6, 6.07) is 0. The van der Waals surface area contributed by atoms with Gasteiger partial charge >= 0.3 is 5.97 Å². The summed E-state index contributed by atoms with van der Waals surface area (Å²) in [5, 5.41) is 0. The molecule has 0 radical (unpaired) electrons. The molecule has 0 saturated heterocycles. The average molecular weight is 227 g/mol. The summed E-state index contributed by atoms with van der Waals surface area (Å²) >= 11 is 0. The maximum atomic E-state index is 10.9. The second-order valence-electron chi connectivity index (χ2n) is 3.93. The Morgan fingerprint density at radius 1 is 1.19 bits per heavy atom. The Morgan fingerprint density at radius 2 is 1.75 bits per heavy atom. The standard InChI is InChI=1S/C13H25NO2/c1-4-6-10-14(11-7-5-2)12-8-9-13(15)16-3/h8-9H,4-7,10-12H2,1-3H3/b9-8+. The maximum Gasteiger partial charge on any atom is 0.330 e. The van der Waals surface area contributed by atoms with Crippen LogP contribution in [0.15, 0.2) is 12.2 Å². The van der Waals surface area contributed by atoms with Crippen molar-refractivity contribution in [1.82, 2.24) is 4.90 Å². The molecule has 0 spiro atoms. The van der Waals surface area contributed by atoms with Crippen molar-refractivity contribution >= 4 is 5.97 Å². The Hall–Kier alpha value is -0.830. The van der Waals surface area contributed by atoms with Crippen LogP contribution in [0.25, 0.3) is 0 Å². The van der Waals surface area contributed by atoms with E-state index in [1.54, 1.807) is 0 Å². The third-order valence-corrected chi connectivity index (χ3v) is 2.47. The SMILES string of the molecule is CCCCN(C/C=C/C(=O)OC)CCCC. The molecule has 0 aromatic carbocycles. The molecule has 0 heterocycles. The minimum Gasteiger partial charge on any atom is -0.466 e. The van der Waals surface area contributed by atoms with Gasteiger partial charge in [-0.3, -0.25) is 4.90 Å². The van der Waals surface area contributed by atoms with E-state index in [2.05, 4.69) is 23.5 Å². The van der Waals surface area contributed by atoms with Crippen LogP contribution in [0, 0.1) is 0 Å². The summed E-state index contributed by atoms with van der Waals surface area (Å²) in [6.07, 6.45) is 8.25.